The number of rotatable bonds is 5. The molecule has 7 nitrogen and oxygen atoms in total. The van der Waals surface area contributed by atoms with E-state index in [9.17, 15) is 4.79 Å². The molecule has 1 amide bonds. The molecule has 0 fully saturated rings. The van der Waals surface area contributed by atoms with E-state index in [1.807, 2.05) is 54.7 Å². The molecule has 0 atom stereocenters. The van der Waals surface area contributed by atoms with Crippen LogP contribution in [0, 0.1) is 0 Å². The molecule has 0 spiro atoms. The number of hydrogen-bond donors (Lipinski definition) is 2. The molecule has 0 saturated carbocycles. The van der Waals surface area contributed by atoms with Gasteiger partial charge in [0, 0.05) is 43.2 Å². The quantitative estimate of drug-likeness (QED) is 0.477. The van der Waals surface area contributed by atoms with Gasteiger partial charge in [0.25, 0.3) is 5.91 Å². The first-order valence-electron chi connectivity index (χ1n) is 11.2. The lowest BCUT2D eigenvalue weighted by molar-refractivity contribution is 0.0946. The van der Waals surface area contributed by atoms with Gasteiger partial charge >= 0.3 is 0 Å². The maximum absolute atomic E-state index is 13.1. The zero-order chi connectivity index (χ0) is 22.9. The summed E-state index contributed by atoms with van der Waals surface area (Å²) in [4.78, 5) is 22.1. The summed E-state index contributed by atoms with van der Waals surface area (Å²) in [6.07, 6.45) is 3.61. The second kappa shape index (κ2) is 8.61. The average molecular weight is 450 g/mol. The number of ether oxygens (including phenoxy) is 2. The molecule has 168 valence electrons. The molecule has 2 aliphatic heterocycles. The van der Waals surface area contributed by atoms with Crippen molar-refractivity contribution in [2.24, 2.45) is 0 Å². The van der Waals surface area contributed by atoms with Gasteiger partial charge in [-0.1, -0.05) is 30.3 Å². The lowest BCUT2D eigenvalue weighted by atomic mass is 9.98. The molecule has 2 aliphatic rings. The molecule has 6 rings (SSSR count). The second-order valence-corrected chi connectivity index (χ2v) is 8.29. The van der Waals surface area contributed by atoms with Gasteiger partial charge in [0.2, 0.25) is 6.79 Å². The minimum absolute atomic E-state index is 0.211. The summed E-state index contributed by atoms with van der Waals surface area (Å²) in [5.74, 6) is 1.21. The highest BCUT2D eigenvalue weighted by atomic mass is 16.7. The van der Waals surface area contributed by atoms with E-state index in [2.05, 4.69) is 27.8 Å². The van der Waals surface area contributed by atoms with E-state index >= 15 is 0 Å². The number of carbonyl (C=O) groups is 1. The zero-order valence-corrected chi connectivity index (χ0v) is 18.4. The second-order valence-electron chi connectivity index (χ2n) is 8.29. The van der Waals surface area contributed by atoms with Gasteiger partial charge in [-0.15, -0.1) is 0 Å². The molecule has 2 aromatic carbocycles. The van der Waals surface area contributed by atoms with E-state index in [-0.39, 0.29) is 12.7 Å². The highest BCUT2D eigenvalue weighted by Crippen LogP contribution is 2.33. The number of aromatic nitrogens is 2. The van der Waals surface area contributed by atoms with Gasteiger partial charge in [-0.05, 0) is 52.6 Å². The van der Waals surface area contributed by atoms with Crippen molar-refractivity contribution in [1.29, 1.82) is 0 Å². The first-order chi connectivity index (χ1) is 16.7. The Morgan fingerprint density at radius 3 is 2.74 bits per heavy atom. The van der Waals surface area contributed by atoms with Gasteiger partial charge in [-0.25, -0.2) is 4.98 Å². The maximum Gasteiger partial charge on any atom is 0.270 e. The van der Waals surface area contributed by atoms with Crippen LogP contribution in [0.15, 0.2) is 73.1 Å². The molecule has 0 unspecified atom stereocenters. The van der Waals surface area contributed by atoms with E-state index < -0.39 is 0 Å². The van der Waals surface area contributed by atoms with Crippen LogP contribution >= 0.6 is 0 Å². The first kappa shape index (κ1) is 20.4. The Bertz CT molecular complexity index is 1390. The van der Waals surface area contributed by atoms with Crippen LogP contribution in [0.5, 0.6) is 11.5 Å². The topological polar surface area (TPSA) is 85.4 Å². The van der Waals surface area contributed by atoms with Crippen molar-refractivity contribution in [2.75, 3.05) is 6.79 Å². The van der Waals surface area contributed by atoms with Gasteiger partial charge < -0.3 is 20.1 Å². The summed E-state index contributed by atoms with van der Waals surface area (Å²) < 4.78 is 10.8. The van der Waals surface area contributed by atoms with E-state index in [0.29, 0.717) is 18.0 Å². The number of nitrogens with zero attached hydrogens (tertiary/aromatic N) is 2. The van der Waals surface area contributed by atoms with Crippen LogP contribution in [-0.4, -0.2) is 22.7 Å². The van der Waals surface area contributed by atoms with Crippen molar-refractivity contribution in [1.82, 2.24) is 20.6 Å². The molecule has 2 N–H and O–H groups in total. The van der Waals surface area contributed by atoms with Crippen LogP contribution in [0.4, 0.5) is 0 Å². The fourth-order valence-electron chi connectivity index (χ4n) is 4.36. The molecule has 4 aromatic rings. The lowest BCUT2D eigenvalue weighted by Gasteiger charge is -2.12. The Labute approximate surface area is 196 Å². The average Bonchev–Trinajstić information content (AvgIpc) is 3.56. The summed E-state index contributed by atoms with van der Waals surface area (Å²) in [5, 5.41) is 6.37. The third kappa shape index (κ3) is 3.86. The van der Waals surface area contributed by atoms with Crippen LogP contribution in [-0.2, 0) is 19.6 Å². The fraction of sp³-hybridized carbons (Fsp3) is 0.148. The number of amides is 1. The predicted molar refractivity (Wildman–Crippen MR) is 127 cm³/mol. The van der Waals surface area contributed by atoms with Crippen LogP contribution in [0.3, 0.4) is 0 Å². The summed E-state index contributed by atoms with van der Waals surface area (Å²) in [6, 6.07) is 19.7. The number of nitrogens with one attached hydrogen (secondary N) is 2. The van der Waals surface area contributed by atoms with E-state index in [1.54, 1.807) is 6.20 Å². The Morgan fingerprint density at radius 1 is 0.941 bits per heavy atom. The standard InChI is InChI=1S/C27H22N4O3/c32-27(30-12-17-6-7-24-25(9-17)34-16-33-24)23-11-21-14-29-15-22(21)26(31-23)19-4-1-3-18(10-19)20-5-2-8-28-13-20/h1-11,13,29H,12,14-16H2,(H,30,32). The monoisotopic (exact) mass is 450 g/mol. The van der Waals surface area contributed by atoms with E-state index in [4.69, 9.17) is 14.5 Å². The molecule has 0 aliphatic carbocycles. The predicted octanol–water partition coefficient (Wildman–Crippen LogP) is 4.07. The van der Waals surface area contributed by atoms with Crippen molar-refractivity contribution >= 4 is 5.91 Å². The summed E-state index contributed by atoms with van der Waals surface area (Å²) >= 11 is 0. The van der Waals surface area contributed by atoms with Crippen LogP contribution in [0.2, 0.25) is 0 Å². The molecular weight excluding hydrogens is 428 g/mol. The molecule has 4 heterocycles. The first-order valence-corrected chi connectivity index (χ1v) is 11.2. The molecule has 2 aromatic heterocycles. The number of pyridine rings is 2. The lowest BCUT2D eigenvalue weighted by Crippen LogP contribution is -2.24. The normalized spacial score (nSPS) is 13.5. The third-order valence-corrected chi connectivity index (χ3v) is 6.09. The third-order valence-electron chi connectivity index (χ3n) is 6.09. The van der Waals surface area contributed by atoms with Gasteiger partial charge in [-0.3, -0.25) is 9.78 Å². The molecule has 0 bridgehead atoms. The van der Waals surface area contributed by atoms with Crippen LogP contribution in [0.25, 0.3) is 22.4 Å². The summed E-state index contributed by atoms with van der Waals surface area (Å²) in [6.45, 7) is 2.05. The zero-order valence-electron chi connectivity index (χ0n) is 18.4. The van der Waals surface area contributed by atoms with Gasteiger partial charge in [-0.2, -0.15) is 0 Å². The number of fused-ring (bicyclic) bond motifs is 2. The largest absolute Gasteiger partial charge is 0.454 e. The highest BCUT2D eigenvalue weighted by Gasteiger charge is 2.21. The smallest absolute Gasteiger partial charge is 0.270 e. The SMILES string of the molecule is O=C(NCc1ccc2c(c1)OCO2)c1cc2c(c(-c3cccc(-c4cccnc4)c3)n1)CNC2. The van der Waals surface area contributed by atoms with Crippen molar-refractivity contribution < 1.29 is 14.3 Å². The number of carbonyl (C=O) groups excluding carboxylic acids is 1. The summed E-state index contributed by atoms with van der Waals surface area (Å²) in [7, 11) is 0. The van der Waals surface area contributed by atoms with Crippen molar-refractivity contribution in [3.05, 3.63) is 95.4 Å². The summed E-state index contributed by atoms with van der Waals surface area (Å²) in [5.41, 5.74) is 7.49. The molecule has 34 heavy (non-hydrogen) atoms. The van der Waals surface area contributed by atoms with Crippen molar-refractivity contribution in [3.8, 4) is 33.9 Å². The van der Waals surface area contributed by atoms with Crippen LogP contribution < -0.4 is 20.1 Å². The molecule has 7 heteroatoms. The fourth-order valence-corrected chi connectivity index (χ4v) is 4.36. The molecule has 0 saturated heterocycles. The van der Waals surface area contributed by atoms with Gasteiger partial charge in [0.15, 0.2) is 11.5 Å². The molecule has 0 radical (unpaired) electrons. The number of hydrogen-bond acceptors (Lipinski definition) is 6. The maximum atomic E-state index is 13.1. The van der Waals surface area contributed by atoms with E-state index in [0.717, 1.165) is 57.9 Å². The van der Waals surface area contributed by atoms with Crippen molar-refractivity contribution in [3.63, 3.8) is 0 Å². The Kier molecular flexibility index (Phi) is 5.16. The Balaban J connectivity index is 1.29. The Morgan fingerprint density at radius 2 is 1.82 bits per heavy atom. The highest BCUT2D eigenvalue weighted by molar-refractivity contribution is 5.93. The molecular formula is C27H22N4O3. The van der Waals surface area contributed by atoms with Gasteiger partial charge in [0.1, 0.15) is 5.69 Å². The van der Waals surface area contributed by atoms with Gasteiger partial charge in [0.05, 0.1) is 5.69 Å². The number of benzene rings is 2. The van der Waals surface area contributed by atoms with Crippen molar-refractivity contribution in [2.45, 2.75) is 19.6 Å². The minimum Gasteiger partial charge on any atom is -0.454 e. The van der Waals surface area contributed by atoms with Crippen LogP contribution in [0.1, 0.15) is 27.2 Å². The minimum atomic E-state index is -0.211. The Hall–Kier alpha value is -4.23. The van der Waals surface area contributed by atoms with E-state index in [1.165, 1.54) is 0 Å².